The van der Waals surface area contributed by atoms with Gasteiger partial charge >= 0.3 is 6.09 Å². The molecular formula is C15H17NO4. The summed E-state index contributed by atoms with van der Waals surface area (Å²) in [5, 5.41) is 11.9. The van der Waals surface area contributed by atoms with Crippen LogP contribution >= 0.6 is 0 Å². The van der Waals surface area contributed by atoms with Gasteiger partial charge in [0.1, 0.15) is 6.61 Å². The van der Waals surface area contributed by atoms with Crippen molar-refractivity contribution in [1.29, 1.82) is 0 Å². The van der Waals surface area contributed by atoms with Gasteiger partial charge in [-0.15, -0.1) is 0 Å². The summed E-state index contributed by atoms with van der Waals surface area (Å²) in [7, 11) is 0. The number of carbonyl (C=O) groups is 1. The molecule has 5 heteroatoms. The van der Waals surface area contributed by atoms with Gasteiger partial charge < -0.3 is 19.6 Å². The molecule has 2 aromatic rings. The molecule has 0 aliphatic carbocycles. The molecule has 1 atom stereocenters. The molecule has 5 nitrogen and oxygen atoms in total. The third kappa shape index (κ3) is 4.44. The standard InChI is InChI=1S/C15H17NO4/c17-9-14(8-13-6-7-19-10-13)16-15(18)20-11-12-4-2-1-3-5-12/h1-7,10,14,17H,8-9,11H2,(H,16,18). The van der Waals surface area contributed by atoms with E-state index >= 15 is 0 Å². The van der Waals surface area contributed by atoms with E-state index in [1.165, 1.54) is 0 Å². The highest BCUT2D eigenvalue weighted by Crippen LogP contribution is 2.05. The maximum Gasteiger partial charge on any atom is 0.407 e. The number of rotatable bonds is 6. The number of furan rings is 1. The molecule has 1 unspecified atom stereocenters. The summed E-state index contributed by atoms with van der Waals surface area (Å²) in [6, 6.07) is 10.8. The van der Waals surface area contributed by atoms with E-state index in [1.54, 1.807) is 18.6 Å². The Morgan fingerprint density at radius 2 is 2.05 bits per heavy atom. The lowest BCUT2D eigenvalue weighted by Crippen LogP contribution is -2.39. The van der Waals surface area contributed by atoms with Gasteiger partial charge in [0.2, 0.25) is 0 Å². The number of carbonyl (C=O) groups excluding carboxylic acids is 1. The predicted octanol–water partition coefficient (Wildman–Crippen LogP) is 2.11. The average Bonchev–Trinajstić information content (AvgIpc) is 2.98. The summed E-state index contributed by atoms with van der Waals surface area (Å²) in [4.78, 5) is 11.6. The Hall–Kier alpha value is -2.27. The SMILES string of the molecule is O=C(NC(CO)Cc1ccoc1)OCc1ccccc1. The number of nitrogens with one attached hydrogen (secondary N) is 1. The smallest absolute Gasteiger partial charge is 0.407 e. The monoisotopic (exact) mass is 275 g/mol. The van der Waals surface area contributed by atoms with Gasteiger partial charge in [0.15, 0.2) is 0 Å². The minimum Gasteiger partial charge on any atom is -0.472 e. The van der Waals surface area contributed by atoms with Crippen LogP contribution in [0.15, 0.2) is 53.3 Å². The topological polar surface area (TPSA) is 71.7 Å². The van der Waals surface area contributed by atoms with E-state index in [-0.39, 0.29) is 13.2 Å². The van der Waals surface area contributed by atoms with Gasteiger partial charge in [-0.25, -0.2) is 4.79 Å². The Bertz CT molecular complexity index is 510. The second kappa shape index (κ2) is 7.35. The zero-order valence-electron chi connectivity index (χ0n) is 11.0. The Morgan fingerprint density at radius 1 is 1.25 bits per heavy atom. The fourth-order valence-corrected chi connectivity index (χ4v) is 1.79. The lowest BCUT2D eigenvalue weighted by Gasteiger charge is -2.15. The Balaban J connectivity index is 1.77. The second-order valence-electron chi connectivity index (χ2n) is 4.42. The van der Waals surface area contributed by atoms with Gasteiger partial charge in [0.05, 0.1) is 25.2 Å². The molecule has 1 aromatic heterocycles. The molecule has 0 aliphatic rings. The molecule has 0 fully saturated rings. The van der Waals surface area contributed by atoms with Crippen molar-refractivity contribution in [1.82, 2.24) is 5.32 Å². The largest absolute Gasteiger partial charge is 0.472 e. The van der Waals surface area contributed by atoms with E-state index in [0.29, 0.717) is 6.42 Å². The number of aliphatic hydroxyl groups is 1. The lowest BCUT2D eigenvalue weighted by atomic mass is 10.1. The molecule has 1 amide bonds. The van der Waals surface area contributed by atoms with Crippen LogP contribution in [-0.4, -0.2) is 23.8 Å². The number of hydrogen-bond donors (Lipinski definition) is 2. The molecule has 20 heavy (non-hydrogen) atoms. The molecule has 0 aliphatic heterocycles. The van der Waals surface area contributed by atoms with Gasteiger partial charge in [0, 0.05) is 0 Å². The van der Waals surface area contributed by atoms with Crippen LogP contribution in [0.2, 0.25) is 0 Å². The van der Waals surface area contributed by atoms with Crippen molar-refractivity contribution >= 4 is 6.09 Å². The first-order valence-electron chi connectivity index (χ1n) is 6.37. The van der Waals surface area contributed by atoms with Crippen LogP contribution in [0.5, 0.6) is 0 Å². The highest BCUT2D eigenvalue weighted by atomic mass is 16.5. The average molecular weight is 275 g/mol. The summed E-state index contributed by atoms with van der Waals surface area (Å²) in [5.74, 6) is 0. The number of aliphatic hydroxyl groups excluding tert-OH is 1. The fraction of sp³-hybridized carbons (Fsp3) is 0.267. The minimum atomic E-state index is -0.545. The van der Waals surface area contributed by atoms with Crippen molar-refractivity contribution in [2.45, 2.75) is 19.1 Å². The van der Waals surface area contributed by atoms with Gasteiger partial charge in [-0.2, -0.15) is 0 Å². The molecule has 2 N–H and O–H groups in total. The summed E-state index contributed by atoms with van der Waals surface area (Å²) >= 11 is 0. The van der Waals surface area contributed by atoms with Crippen molar-refractivity contribution in [2.24, 2.45) is 0 Å². The number of ether oxygens (including phenoxy) is 1. The van der Waals surface area contributed by atoms with E-state index in [2.05, 4.69) is 5.32 Å². The lowest BCUT2D eigenvalue weighted by molar-refractivity contribution is 0.129. The fourth-order valence-electron chi connectivity index (χ4n) is 1.79. The maximum atomic E-state index is 11.6. The van der Waals surface area contributed by atoms with Crippen LogP contribution in [0.3, 0.4) is 0 Å². The van der Waals surface area contributed by atoms with Crippen molar-refractivity contribution in [3.63, 3.8) is 0 Å². The van der Waals surface area contributed by atoms with Crippen molar-refractivity contribution < 1.29 is 19.1 Å². The highest BCUT2D eigenvalue weighted by molar-refractivity contribution is 5.67. The van der Waals surface area contributed by atoms with E-state index in [0.717, 1.165) is 11.1 Å². The van der Waals surface area contributed by atoms with E-state index in [4.69, 9.17) is 9.15 Å². The maximum absolute atomic E-state index is 11.6. The molecule has 1 heterocycles. The first-order chi connectivity index (χ1) is 9.78. The summed E-state index contributed by atoms with van der Waals surface area (Å²) < 4.78 is 10.0. The number of benzene rings is 1. The third-order valence-electron chi connectivity index (χ3n) is 2.82. The van der Waals surface area contributed by atoms with Crippen LogP contribution < -0.4 is 5.32 Å². The number of alkyl carbamates (subject to hydrolysis) is 1. The predicted molar refractivity (Wildman–Crippen MR) is 73.0 cm³/mol. The zero-order valence-corrected chi connectivity index (χ0v) is 11.0. The van der Waals surface area contributed by atoms with E-state index in [1.807, 2.05) is 30.3 Å². The first-order valence-corrected chi connectivity index (χ1v) is 6.37. The summed E-state index contributed by atoms with van der Waals surface area (Å²) in [6.45, 7) is 0.0438. The van der Waals surface area contributed by atoms with E-state index < -0.39 is 12.1 Å². The Kier molecular flexibility index (Phi) is 5.20. The minimum absolute atomic E-state index is 0.161. The van der Waals surface area contributed by atoms with Crippen LogP contribution in [-0.2, 0) is 17.8 Å². The third-order valence-corrected chi connectivity index (χ3v) is 2.82. The first kappa shape index (κ1) is 14.1. The molecule has 0 bridgehead atoms. The molecule has 2 rings (SSSR count). The van der Waals surface area contributed by atoms with Crippen molar-refractivity contribution in [2.75, 3.05) is 6.61 Å². The quantitative estimate of drug-likeness (QED) is 0.847. The summed E-state index contributed by atoms with van der Waals surface area (Å²) in [6.07, 6.45) is 3.08. The molecule has 1 aromatic carbocycles. The van der Waals surface area contributed by atoms with Gasteiger partial charge in [-0.05, 0) is 23.6 Å². The molecular weight excluding hydrogens is 258 g/mol. The van der Waals surface area contributed by atoms with Crippen molar-refractivity contribution in [3.8, 4) is 0 Å². The molecule has 0 saturated carbocycles. The molecule has 106 valence electrons. The number of amides is 1. The van der Waals surface area contributed by atoms with Gasteiger partial charge in [0.25, 0.3) is 0 Å². The zero-order chi connectivity index (χ0) is 14.2. The second-order valence-corrected chi connectivity index (χ2v) is 4.42. The van der Waals surface area contributed by atoms with Crippen LogP contribution in [0.1, 0.15) is 11.1 Å². The molecule has 0 radical (unpaired) electrons. The summed E-state index contributed by atoms with van der Waals surface area (Å²) in [5.41, 5.74) is 1.82. The van der Waals surface area contributed by atoms with Gasteiger partial charge in [-0.1, -0.05) is 30.3 Å². The molecule has 0 saturated heterocycles. The van der Waals surface area contributed by atoms with Gasteiger partial charge in [-0.3, -0.25) is 0 Å². The Labute approximate surface area is 117 Å². The van der Waals surface area contributed by atoms with Crippen LogP contribution in [0.25, 0.3) is 0 Å². The van der Waals surface area contributed by atoms with Crippen molar-refractivity contribution in [3.05, 3.63) is 60.1 Å². The van der Waals surface area contributed by atoms with E-state index in [9.17, 15) is 9.90 Å². The normalized spacial score (nSPS) is 11.8. The number of hydrogen-bond acceptors (Lipinski definition) is 4. The highest BCUT2D eigenvalue weighted by Gasteiger charge is 2.13. The van der Waals surface area contributed by atoms with Crippen LogP contribution in [0.4, 0.5) is 4.79 Å². The molecule has 0 spiro atoms. The van der Waals surface area contributed by atoms with Crippen LogP contribution in [0, 0.1) is 0 Å². The Morgan fingerprint density at radius 3 is 2.70 bits per heavy atom.